The van der Waals surface area contributed by atoms with Crippen LogP contribution in [0.3, 0.4) is 0 Å². The summed E-state index contributed by atoms with van der Waals surface area (Å²) < 4.78 is 0. The molecule has 0 radical (unpaired) electrons. The number of rotatable bonds is 0. The highest BCUT2D eigenvalue weighted by Crippen LogP contribution is 1.99. The van der Waals surface area contributed by atoms with Crippen LogP contribution in [0.5, 0.6) is 0 Å². The van der Waals surface area contributed by atoms with E-state index in [0.29, 0.717) is 5.71 Å². The molecule has 1 aliphatic carbocycles. The van der Waals surface area contributed by atoms with Crippen molar-refractivity contribution < 1.29 is 0 Å². The molecule has 0 bridgehead atoms. The van der Waals surface area contributed by atoms with E-state index < -0.39 is 0 Å². The van der Waals surface area contributed by atoms with Crippen LogP contribution in [-0.4, -0.2) is 5.71 Å². The van der Waals surface area contributed by atoms with Crippen molar-refractivity contribution in [2.45, 2.75) is 0 Å². The highest BCUT2D eigenvalue weighted by Gasteiger charge is 1.91. The fourth-order valence-corrected chi connectivity index (χ4v) is 0.777. The average Bonchev–Trinajstić information content (AvgIpc) is 2.08. The lowest BCUT2D eigenvalue weighted by Gasteiger charge is -1.95. The smallest absolute Gasteiger partial charge is 0.0606 e. The third-order valence-electron chi connectivity index (χ3n) is 1.46. The first-order valence-corrected chi connectivity index (χ1v) is 3.76. The van der Waals surface area contributed by atoms with Crippen LogP contribution in [0.25, 0.3) is 0 Å². The van der Waals surface area contributed by atoms with Gasteiger partial charge in [0.15, 0.2) is 0 Å². The average molecular weight is 157 g/mol. The van der Waals surface area contributed by atoms with Gasteiger partial charge in [0, 0.05) is 0 Å². The molecule has 1 aliphatic rings. The minimum Gasteiger partial charge on any atom is -0.300 e. The van der Waals surface area contributed by atoms with E-state index in [4.69, 9.17) is 5.41 Å². The van der Waals surface area contributed by atoms with Gasteiger partial charge in [-0.2, -0.15) is 0 Å². The van der Waals surface area contributed by atoms with Gasteiger partial charge in [0.2, 0.25) is 0 Å². The first-order chi connectivity index (χ1) is 5.80. The lowest BCUT2D eigenvalue weighted by Crippen LogP contribution is -1.91. The van der Waals surface area contributed by atoms with E-state index >= 15 is 0 Å². The number of allylic oxidation sites excluding steroid dienone is 9. The molecular formula is C11H11N. The van der Waals surface area contributed by atoms with E-state index in [1.807, 2.05) is 42.5 Å². The Balaban J connectivity index is 2.88. The van der Waals surface area contributed by atoms with Crippen molar-refractivity contribution in [3.05, 3.63) is 60.8 Å². The zero-order valence-electron chi connectivity index (χ0n) is 6.83. The first kappa shape index (κ1) is 8.47. The van der Waals surface area contributed by atoms with Crippen LogP contribution in [0.2, 0.25) is 0 Å². The third-order valence-corrected chi connectivity index (χ3v) is 1.46. The van der Waals surface area contributed by atoms with Crippen molar-refractivity contribution in [3.8, 4) is 0 Å². The minimum atomic E-state index is 0.450. The maximum atomic E-state index is 7.50. The monoisotopic (exact) mass is 157 g/mol. The van der Waals surface area contributed by atoms with Gasteiger partial charge in [0.05, 0.1) is 5.71 Å². The van der Waals surface area contributed by atoms with Gasteiger partial charge in [-0.05, 0) is 11.6 Å². The quantitative estimate of drug-likeness (QED) is 0.559. The van der Waals surface area contributed by atoms with E-state index in [0.717, 1.165) is 5.57 Å². The molecule has 0 saturated carbocycles. The lowest BCUT2D eigenvalue weighted by atomic mass is 10.1. The van der Waals surface area contributed by atoms with Crippen molar-refractivity contribution in [2.75, 3.05) is 0 Å². The third kappa shape index (κ3) is 2.54. The summed E-state index contributed by atoms with van der Waals surface area (Å²) in [5.41, 5.74) is 1.18. The molecule has 1 N–H and O–H groups in total. The van der Waals surface area contributed by atoms with Crippen LogP contribution in [0.1, 0.15) is 0 Å². The highest BCUT2D eigenvalue weighted by molar-refractivity contribution is 6.07. The molecule has 0 aliphatic heterocycles. The van der Waals surface area contributed by atoms with Crippen molar-refractivity contribution in [3.63, 3.8) is 0 Å². The van der Waals surface area contributed by atoms with Gasteiger partial charge < -0.3 is 5.41 Å². The van der Waals surface area contributed by atoms with Gasteiger partial charge in [-0.25, -0.2) is 0 Å². The Hall–Kier alpha value is -1.63. The Bertz CT molecular complexity index is 269. The van der Waals surface area contributed by atoms with Gasteiger partial charge in [-0.1, -0.05) is 49.1 Å². The second-order valence-corrected chi connectivity index (χ2v) is 2.43. The van der Waals surface area contributed by atoms with Crippen LogP contribution in [0.4, 0.5) is 0 Å². The van der Waals surface area contributed by atoms with Crippen molar-refractivity contribution in [1.82, 2.24) is 0 Å². The second kappa shape index (κ2) is 4.29. The fourth-order valence-electron chi connectivity index (χ4n) is 0.777. The van der Waals surface area contributed by atoms with E-state index in [1.165, 1.54) is 0 Å². The normalized spacial score (nSPS) is 27.7. The zero-order chi connectivity index (χ0) is 8.81. The molecule has 0 aromatic heterocycles. The predicted octanol–water partition coefficient (Wildman–Crippen LogP) is 2.80. The summed E-state index contributed by atoms with van der Waals surface area (Å²) in [5.74, 6) is 0. The molecule has 0 saturated heterocycles. The SMILES string of the molecule is C=C1\C=C/C=C\C=C/C=C\C1=N. The summed E-state index contributed by atoms with van der Waals surface area (Å²) in [7, 11) is 0. The number of nitrogens with one attached hydrogen (secondary N) is 1. The fraction of sp³-hybridized carbons (Fsp3) is 0. The van der Waals surface area contributed by atoms with Crippen LogP contribution in [-0.2, 0) is 0 Å². The van der Waals surface area contributed by atoms with Gasteiger partial charge >= 0.3 is 0 Å². The molecule has 0 spiro atoms. The van der Waals surface area contributed by atoms with Crippen LogP contribution >= 0.6 is 0 Å². The molecule has 0 heterocycles. The van der Waals surface area contributed by atoms with Crippen LogP contribution in [0.15, 0.2) is 60.8 Å². The van der Waals surface area contributed by atoms with E-state index in [9.17, 15) is 0 Å². The Morgan fingerprint density at radius 2 is 1.33 bits per heavy atom. The molecule has 0 amide bonds. The summed E-state index contributed by atoms with van der Waals surface area (Å²) >= 11 is 0. The van der Waals surface area contributed by atoms with Crippen LogP contribution in [0, 0.1) is 5.41 Å². The standard InChI is InChI=1S/C11H11N/c1-10-8-6-4-2-3-5-7-9-11(10)12/h2-9,12H,1H2/b4-2-,5-3-,8-6-,9-7-,12-11?. The van der Waals surface area contributed by atoms with Gasteiger partial charge in [0.25, 0.3) is 0 Å². The van der Waals surface area contributed by atoms with Gasteiger partial charge in [-0.15, -0.1) is 0 Å². The van der Waals surface area contributed by atoms with Crippen molar-refractivity contribution >= 4 is 5.71 Å². The minimum absolute atomic E-state index is 0.450. The Morgan fingerprint density at radius 1 is 0.833 bits per heavy atom. The molecule has 60 valence electrons. The van der Waals surface area contributed by atoms with Crippen molar-refractivity contribution in [2.24, 2.45) is 0 Å². The lowest BCUT2D eigenvalue weighted by molar-refractivity contribution is 1.51. The molecule has 0 unspecified atom stereocenters. The topological polar surface area (TPSA) is 23.9 Å². The maximum Gasteiger partial charge on any atom is 0.0606 e. The molecule has 0 aromatic carbocycles. The highest BCUT2D eigenvalue weighted by atomic mass is 14.4. The summed E-state index contributed by atoms with van der Waals surface area (Å²) in [6.45, 7) is 3.75. The molecule has 1 nitrogen and oxygen atoms in total. The number of hydrogen-bond donors (Lipinski definition) is 1. The number of hydrogen-bond acceptors (Lipinski definition) is 1. The van der Waals surface area contributed by atoms with Crippen LogP contribution < -0.4 is 0 Å². The summed E-state index contributed by atoms with van der Waals surface area (Å²) in [6.07, 6.45) is 14.9. The van der Waals surface area contributed by atoms with E-state index in [2.05, 4.69) is 6.58 Å². The predicted molar refractivity (Wildman–Crippen MR) is 53.4 cm³/mol. The first-order valence-electron chi connectivity index (χ1n) is 3.76. The van der Waals surface area contributed by atoms with Gasteiger partial charge in [0.1, 0.15) is 0 Å². The summed E-state index contributed by atoms with van der Waals surface area (Å²) in [4.78, 5) is 0. The second-order valence-electron chi connectivity index (χ2n) is 2.43. The summed E-state index contributed by atoms with van der Waals surface area (Å²) in [6, 6.07) is 0. The van der Waals surface area contributed by atoms with Crippen molar-refractivity contribution in [1.29, 1.82) is 5.41 Å². The molecule has 1 rings (SSSR count). The molecule has 0 fully saturated rings. The molecular weight excluding hydrogens is 146 g/mol. The Morgan fingerprint density at radius 3 is 2.00 bits per heavy atom. The Labute approximate surface area is 72.6 Å². The zero-order valence-corrected chi connectivity index (χ0v) is 6.83. The van der Waals surface area contributed by atoms with E-state index in [-0.39, 0.29) is 0 Å². The molecule has 0 aromatic rings. The molecule has 1 heteroatoms. The Kier molecular flexibility index (Phi) is 3.03. The summed E-state index contributed by atoms with van der Waals surface area (Å²) in [5, 5.41) is 7.50. The van der Waals surface area contributed by atoms with Gasteiger partial charge in [-0.3, -0.25) is 0 Å². The van der Waals surface area contributed by atoms with E-state index in [1.54, 1.807) is 6.08 Å². The maximum absolute atomic E-state index is 7.50. The molecule has 12 heavy (non-hydrogen) atoms. The largest absolute Gasteiger partial charge is 0.300 e. The molecule has 0 atom stereocenters.